The van der Waals surface area contributed by atoms with E-state index in [1.165, 1.54) is 32.5 Å². The van der Waals surface area contributed by atoms with Crippen LogP contribution in [0.15, 0.2) is 471 Å². The lowest BCUT2D eigenvalue weighted by Gasteiger charge is -2.09. The second kappa shape index (κ2) is 41.2. The van der Waals surface area contributed by atoms with Crippen LogP contribution in [0.1, 0.15) is 5.56 Å². The molecule has 147 heavy (non-hydrogen) atoms. The molecule has 15 nitrogen and oxygen atoms in total. The van der Waals surface area contributed by atoms with Crippen molar-refractivity contribution in [2.45, 2.75) is 6.92 Å². The molecule has 28 rings (SSSR count). The fourth-order valence-electron chi connectivity index (χ4n) is 18.2. The number of nitrogens with zero attached hydrogens (tertiary/aromatic N) is 9. The van der Waals surface area contributed by atoms with Crippen molar-refractivity contribution in [3.63, 3.8) is 0 Å². The Labute approximate surface area is 870 Å². The Balaban J connectivity index is 0.000000103. The Kier molecular flexibility index (Phi) is 26.2. The molecule has 21 heteroatoms. The van der Waals surface area contributed by atoms with Crippen LogP contribution in [0.4, 0.5) is 0 Å². The average Bonchev–Trinajstić information content (AvgIpc) is 1.51. The van der Waals surface area contributed by atoms with Crippen molar-refractivity contribution in [2.75, 3.05) is 0 Å². The molecule has 0 bridgehead atoms. The van der Waals surface area contributed by atoms with Crippen molar-refractivity contribution < 1.29 is 27.7 Å². The van der Waals surface area contributed by atoms with E-state index in [4.69, 9.17) is 104 Å². The molecule has 0 unspecified atom stereocenters. The van der Waals surface area contributed by atoms with E-state index in [9.17, 15) is 0 Å². The maximum absolute atomic E-state index is 8.94. The summed E-state index contributed by atoms with van der Waals surface area (Å²) in [4.78, 5) is 42.6. The van der Waals surface area contributed by atoms with Crippen LogP contribution in [0.2, 0.25) is 20.4 Å². The Morgan fingerprint density at radius 2 is 0.456 bits per heavy atom. The van der Waals surface area contributed by atoms with Gasteiger partial charge in [-0.05, 0) is 229 Å². The molecule has 702 valence electrons. The zero-order valence-corrected chi connectivity index (χ0v) is 82.9. The minimum absolute atomic E-state index is 0.196. The normalized spacial score (nSPS) is 11.3. The first-order chi connectivity index (χ1) is 72.0. The molecule has 0 spiro atoms. The number of fused-ring (bicyclic) bond motifs is 17. The summed E-state index contributed by atoms with van der Waals surface area (Å²) in [5.41, 5.74) is 18.2. The van der Waals surface area contributed by atoms with Crippen LogP contribution >= 0.6 is 62.3 Å². The maximum atomic E-state index is 8.94. The Hall–Kier alpha value is -17.2. The maximum Gasteiger partial charge on any atom is 0.488 e. The first-order valence-electron chi connectivity index (χ1n) is 47.4. The van der Waals surface area contributed by atoms with Crippen LogP contribution in [-0.2, 0) is 0 Å². The number of halogens is 5. The predicted octanol–water partition coefficient (Wildman–Crippen LogP) is 34.4. The molecule has 7 heterocycles. The van der Waals surface area contributed by atoms with Crippen molar-refractivity contribution in [1.82, 2.24) is 44.9 Å². The van der Waals surface area contributed by atoms with Gasteiger partial charge in [0.1, 0.15) is 44.7 Å². The van der Waals surface area contributed by atoms with E-state index in [1.807, 2.05) is 255 Å². The minimum atomic E-state index is -1.38. The van der Waals surface area contributed by atoms with E-state index in [2.05, 4.69) is 220 Å². The number of aryl methyl sites for hydroxylation is 1. The van der Waals surface area contributed by atoms with Crippen molar-refractivity contribution in [3.05, 3.63) is 479 Å². The predicted molar refractivity (Wildman–Crippen MR) is 607 cm³/mol. The van der Waals surface area contributed by atoms with Gasteiger partial charge in [-0.15, -0.1) is 0 Å². The van der Waals surface area contributed by atoms with Crippen LogP contribution in [0.5, 0.6) is 0 Å². The van der Waals surface area contributed by atoms with Gasteiger partial charge < -0.3 is 27.7 Å². The topological polar surface area (TPSA) is 209 Å². The molecular weight excluding hydrogens is 1970 g/mol. The van der Waals surface area contributed by atoms with E-state index in [1.54, 1.807) is 12.1 Å². The number of aromatic nitrogens is 9. The highest BCUT2D eigenvalue weighted by atomic mass is 79.9. The van der Waals surface area contributed by atoms with Crippen molar-refractivity contribution in [1.29, 1.82) is 0 Å². The molecule has 0 aliphatic rings. The summed E-state index contributed by atoms with van der Waals surface area (Å²) < 4.78 is 24.8. The lowest BCUT2D eigenvalue weighted by atomic mass is 9.79. The lowest BCUT2D eigenvalue weighted by Crippen LogP contribution is -2.29. The summed E-state index contributed by atoms with van der Waals surface area (Å²) in [5.74, 6) is 4.93. The van der Waals surface area contributed by atoms with Gasteiger partial charge in [0.05, 0.1) is 0 Å². The van der Waals surface area contributed by atoms with Gasteiger partial charge in [0.2, 0.25) is 5.28 Å². The largest absolute Gasteiger partial charge is 0.488 e. The van der Waals surface area contributed by atoms with E-state index in [0.717, 1.165) is 175 Å². The monoisotopic (exact) mass is 2040 g/mol. The third-order valence-electron chi connectivity index (χ3n) is 25.6. The van der Waals surface area contributed by atoms with Gasteiger partial charge in [-0.1, -0.05) is 347 Å². The average molecular weight is 2050 g/mol. The third kappa shape index (κ3) is 20.4. The smallest absolute Gasteiger partial charge is 0.456 e. The summed E-state index contributed by atoms with van der Waals surface area (Å²) in [7, 11) is -1.38. The molecule has 0 amide bonds. The number of hydrogen-bond acceptors (Lipinski definition) is 15. The zero-order chi connectivity index (χ0) is 99.5. The van der Waals surface area contributed by atoms with E-state index in [0.29, 0.717) is 67.1 Å². The van der Waals surface area contributed by atoms with Gasteiger partial charge in [-0.3, -0.25) is 0 Å². The summed E-state index contributed by atoms with van der Waals surface area (Å²) in [6.07, 6.45) is 0. The molecule has 0 aliphatic heterocycles. The molecular formula is C126H79BBrCl4N9O6. The quantitative estimate of drug-likeness (QED) is 0.122. The molecule has 7 aromatic heterocycles. The van der Waals surface area contributed by atoms with Gasteiger partial charge in [0.25, 0.3) is 0 Å². The van der Waals surface area contributed by atoms with Crippen LogP contribution in [0.3, 0.4) is 0 Å². The summed E-state index contributed by atoms with van der Waals surface area (Å²) in [6, 6.07) is 150. The van der Waals surface area contributed by atoms with Gasteiger partial charge in [-0.2, -0.15) is 9.97 Å². The Morgan fingerprint density at radius 3 is 0.837 bits per heavy atom. The molecule has 21 aromatic carbocycles. The van der Waals surface area contributed by atoms with Crippen LogP contribution in [-0.4, -0.2) is 62.0 Å². The van der Waals surface area contributed by atoms with Crippen LogP contribution in [0, 0.1) is 6.92 Å². The minimum Gasteiger partial charge on any atom is -0.456 e. The van der Waals surface area contributed by atoms with Gasteiger partial charge in [0, 0.05) is 125 Å². The van der Waals surface area contributed by atoms with Crippen molar-refractivity contribution in [3.8, 4) is 102 Å². The second-order valence-corrected chi connectivity index (χ2v) is 37.9. The van der Waals surface area contributed by atoms with Crippen LogP contribution < -0.4 is 5.46 Å². The SMILES string of the molecule is Cc1ccc2oc3cc(Cl)ccc3c2c1.Clc1ccc2c(c1)oc1ccc(-c3nc(-c4ccccc4)nc(-c4ccc5ccccc5c4)n3)cc12.Clc1ccc2c(c1)oc1ccc(Br)cc12.Clc1nc(-c2ccccc2)nc(-c2ccc3ccccc3c2)n1.OB(O)c1ccc2ccccc2c1.c1ccc(-c2nc(-c3ccc4ccccc4c3)nc(-c3ccc4oc5cc(-c6ccc7ccccc7c6)ccc5c4c3)n2)cc1. The number of hydrogen-bond donors (Lipinski definition) is 2. The zero-order valence-electron chi connectivity index (χ0n) is 78.2. The number of benzene rings is 21. The third-order valence-corrected chi connectivity index (χ3v) is 26.9. The highest BCUT2D eigenvalue weighted by Gasteiger charge is 2.22. The molecule has 0 atom stereocenters. The fraction of sp³-hybridized carbons (Fsp3) is 0.00794. The second-order valence-electron chi connectivity index (χ2n) is 35.3. The molecule has 0 aliphatic carbocycles. The van der Waals surface area contributed by atoms with Gasteiger partial charge in [0.15, 0.2) is 46.6 Å². The number of rotatable bonds is 10. The summed E-state index contributed by atoms with van der Waals surface area (Å²) in [5, 5.41) is 40.2. The molecule has 28 aromatic rings. The van der Waals surface area contributed by atoms with E-state index < -0.39 is 7.12 Å². The Bertz CT molecular complexity index is 9770. The highest BCUT2D eigenvalue weighted by molar-refractivity contribution is 9.10. The number of furan rings is 4. The molecule has 2 N–H and O–H groups in total. The molecule has 0 fully saturated rings. The summed E-state index contributed by atoms with van der Waals surface area (Å²) in [6.45, 7) is 2.08. The van der Waals surface area contributed by atoms with E-state index in [-0.39, 0.29) is 5.28 Å². The summed E-state index contributed by atoms with van der Waals surface area (Å²) >= 11 is 27.6. The highest BCUT2D eigenvalue weighted by Crippen LogP contribution is 2.41. The lowest BCUT2D eigenvalue weighted by molar-refractivity contribution is 0.426. The fourth-order valence-corrected chi connectivity index (χ4v) is 19.2. The van der Waals surface area contributed by atoms with Crippen molar-refractivity contribution in [2.24, 2.45) is 0 Å². The van der Waals surface area contributed by atoms with Crippen molar-refractivity contribution >= 4 is 217 Å². The Morgan fingerprint density at radius 1 is 0.197 bits per heavy atom. The molecule has 0 saturated carbocycles. The van der Waals surface area contributed by atoms with E-state index >= 15 is 0 Å². The van der Waals surface area contributed by atoms with Gasteiger partial charge >= 0.3 is 7.12 Å². The first kappa shape index (κ1) is 93.4. The first-order valence-corrected chi connectivity index (χ1v) is 49.7. The van der Waals surface area contributed by atoms with Gasteiger partial charge in [-0.25, -0.2) is 34.9 Å². The standard InChI is InChI=1S/C41H25N3O.C31H18ClN3O.C19H12ClN3.C13H9ClO.C12H6BrClO.C10H9BO2/c1-2-10-28(11-3-1)39-42-40(33-17-15-27-9-5-7-13-30(27)23-33)44-41(43-39)34-19-21-37-36(24-34)35-20-18-32(25-38(35)45-37)31-16-14-26-8-4-6-12-29(26)22-31;32-24-13-14-25-26-17-23(12-15-27(26)36-28(25)18-24)31-34-29(20-7-2-1-3-8-20)33-30(35-31)22-11-10-19-6-4-5-9-21(19)16-22;20-19-22-17(14-7-2-1-3-8-14)21-18(23-19)16-11-10-13-6-4-5-9-15(13)12-16;1-8-2-5-12-11(6-8)10-4-3-9(14)7-13(10)15-12;13-7-1-4-11-10(5-7)9-3-2-8(14)6-12(9)15-11;12-11(13)10-6-5-8-3-1-2-4-9(8)7-10/h1-25H;1-18H;1-12H;2-7H,1H3;1-6H;1-7,12-13H. The molecule has 0 saturated heterocycles. The molecule has 0 radical (unpaired) electrons. The van der Waals surface area contributed by atoms with Crippen LogP contribution in [0.25, 0.3) is 244 Å².